The summed E-state index contributed by atoms with van der Waals surface area (Å²) in [5.74, 6) is -0.513. The van der Waals surface area contributed by atoms with Crippen LogP contribution in [0.3, 0.4) is 0 Å². The monoisotopic (exact) mass is 872 g/mol. The minimum absolute atomic E-state index is 0.379. The summed E-state index contributed by atoms with van der Waals surface area (Å²) in [7, 11) is 0. The Morgan fingerprint density at radius 2 is 0.661 bits per heavy atom. The van der Waals surface area contributed by atoms with E-state index in [1.807, 2.05) is 6.08 Å². The second-order valence-corrected chi connectivity index (χ2v) is 19.1. The molecule has 1 amide bonds. The van der Waals surface area contributed by atoms with Crippen LogP contribution in [0.25, 0.3) is 0 Å². The van der Waals surface area contributed by atoms with E-state index in [1.54, 1.807) is 6.08 Å². The number of allylic oxidation sites excluding steroid dienone is 5. The Morgan fingerprint density at radius 3 is 0.984 bits per heavy atom. The molecular weight excluding hydrogens is 763 g/mol. The third kappa shape index (κ3) is 46.6. The van der Waals surface area contributed by atoms with Crippen LogP contribution in [-0.4, -0.2) is 46.1 Å². The number of amides is 1. The first-order chi connectivity index (χ1) is 30.6. The summed E-state index contributed by atoms with van der Waals surface area (Å²) < 4.78 is 0. The van der Waals surface area contributed by atoms with Crippen LogP contribution in [0, 0.1) is 0 Å². The van der Waals surface area contributed by atoms with Gasteiger partial charge in [0, 0.05) is 0 Å². The van der Waals surface area contributed by atoms with E-state index in [0.717, 1.165) is 44.9 Å². The number of unbranched alkanes of at least 4 members (excludes halogenated alkanes) is 39. The van der Waals surface area contributed by atoms with Gasteiger partial charge in [-0.15, -0.1) is 0 Å². The van der Waals surface area contributed by atoms with Crippen LogP contribution in [0.4, 0.5) is 0 Å². The molecule has 4 N–H and O–H groups in total. The van der Waals surface area contributed by atoms with Crippen molar-refractivity contribution in [2.24, 2.45) is 0 Å². The van der Waals surface area contributed by atoms with Crippen molar-refractivity contribution >= 4 is 5.91 Å². The van der Waals surface area contributed by atoms with Gasteiger partial charge in [-0.25, -0.2) is 0 Å². The quantitative estimate of drug-likeness (QED) is 0.0362. The number of carbonyl (C=O) groups excluding carboxylic acids is 1. The van der Waals surface area contributed by atoms with Gasteiger partial charge >= 0.3 is 0 Å². The minimum Gasteiger partial charge on any atom is -0.394 e. The number of aliphatic hydroxyl groups excluding tert-OH is 3. The maximum atomic E-state index is 12.5. The molecule has 0 aromatic carbocycles. The predicted molar refractivity (Wildman–Crippen MR) is 273 cm³/mol. The molecule has 3 atom stereocenters. The molecule has 0 heterocycles. The van der Waals surface area contributed by atoms with Gasteiger partial charge in [0.15, 0.2) is 0 Å². The molecule has 0 radical (unpaired) electrons. The van der Waals surface area contributed by atoms with Crippen molar-refractivity contribution in [1.29, 1.82) is 0 Å². The Hall–Kier alpha value is -1.43. The first-order valence-corrected chi connectivity index (χ1v) is 27.8. The lowest BCUT2D eigenvalue weighted by atomic mass is 10.0. The SMILES string of the molecule is CCCCCCCCC/C=C/CC/C=C/CC/C=C/C(O)C(CO)NC(=O)C(O)CCCCCCCCCCCCCCCCCCCCCCCCCCCCCCCCC. The molecule has 5 heteroatoms. The predicted octanol–water partition coefficient (Wildman–Crippen LogP) is 17.1. The number of nitrogens with one attached hydrogen (secondary N) is 1. The Labute approximate surface area is 387 Å². The Morgan fingerprint density at radius 1 is 0.387 bits per heavy atom. The molecule has 0 spiro atoms. The fourth-order valence-corrected chi connectivity index (χ4v) is 8.63. The van der Waals surface area contributed by atoms with Gasteiger partial charge in [0.05, 0.1) is 18.8 Å². The fourth-order valence-electron chi connectivity index (χ4n) is 8.63. The Kier molecular flexibility index (Phi) is 51.0. The summed E-state index contributed by atoms with van der Waals surface area (Å²) in [4.78, 5) is 12.5. The second-order valence-electron chi connectivity index (χ2n) is 19.1. The molecule has 0 bridgehead atoms. The lowest BCUT2D eigenvalue weighted by Gasteiger charge is -2.21. The van der Waals surface area contributed by atoms with E-state index >= 15 is 0 Å². The summed E-state index contributed by atoms with van der Waals surface area (Å²) in [6.07, 6.45) is 68.0. The maximum Gasteiger partial charge on any atom is 0.249 e. The Bertz CT molecular complexity index is 962. The molecule has 0 aliphatic carbocycles. The highest BCUT2D eigenvalue weighted by Gasteiger charge is 2.22. The van der Waals surface area contributed by atoms with Crippen LogP contribution in [-0.2, 0) is 4.79 Å². The first-order valence-electron chi connectivity index (χ1n) is 27.8. The van der Waals surface area contributed by atoms with Crippen molar-refractivity contribution in [3.05, 3.63) is 36.5 Å². The summed E-state index contributed by atoms with van der Waals surface area (Å²) in [6, 6.07) is -0.819. The molecule has 366 valence electrons. The van der Waals surface area contributed by atoms with E-state index < -0.39 is 24.2 Å². The first kappa shape index (κ1) is 60.6. The number of carbonyl (C=O) groups is 1. The van der Waals surface area contributed by atoms with Gasteiger partial charge in [-0.2, -0.15) is 0 Å². The van der Waals surface area contributed by atoms with Crippen molar-refractivity contribution in [2.75, 3.05) is 6.61 Å². The molecule has 0 aromatic heterocycles. The molecule has 5 nitrogen and oxygen atoms in total. The van der Waals surface area contributed by atoms with Crippen LogP contribution in [0.1, 0.15) is 296 Å². The molecule has 3 unspecified atom stereocenters. The summed E-state index contributed by atoms with van der Waals surface area (Å²) in [5, 5.41) is 33.3. The topological polar surface area (TPSA) is 89.8 Å². The molecule has 0 saturated heterocycles. The molecule has 0 rings (SSSR count). The third-order valence-corrected chi connectivity index (χ3v) is 13.0. The number of hydrogen-bond donors (Lipinski definition) is 4. The van der Waals surface area contributed by atoms with Crippen LogP contribution in [0.5, 0.6) is 0 Å². The number of rotatable bonds is 51. The minimum atomic E-state index is -1.11. The summed E-state index contributed by atoms with van der Waals surface area (Å²) >= 11 is 0. The number of aliphatic hydroxyl groups is 3. The number of hydrogen-bond acceptors (Lipinski definition) is 4. The van der Waals surface area contributed by atoms with E-state index in [2.05, 4.69) is 43.5 Å². The zero-order valence-electron chi connectivity index (χ0n) is 41.8. The second kappa shape index (κ2) is 52.2. The molecule has 0 aliphatic heterocycles. The highest BCUT2D eigenvalue weighted by atomic mass is 16.3. The van der Waals surface area contributed by atoms with Gasteiger partial charge in [-0.3, -0.25) is 4.79 Å². The highest BCUT2D eigenvalue weighted by molar-refractivity contribution is 5.80. The molecule has 0 aromatic rings. The van der Waals surface area contributed by atoms with Gasteiger partial charge < -0.3 is 20.6 Å². The molecule has 0 saturated carbocycles. The fraction of sp³-hybridized carbons (Fsp3) is 0.877. The zero-order valence-corrected chi connectivity index (χ0v) is 41.8. The largest absolute Gasteiger partial charge is 0.394 e. The van der Waals surface area contributed by atoms with E-state index in [-0.39, 0.29) is 6.61 Å². The van der Waals surface area contributed by atoms with Crippen LogP contribution in [0.15, 0.2) is 36.5 Å². The summed E-state index contributed by atoms with van der Waals surface area (Å²) in [6.45, 7) is 4.19. The van der Waals surface area contributed by atoms with Crippen molar-refractivity contribution in [3.8, 4) is 0 Å². The van der Waals surface area contributed by atoms with Crippen LogP contribution in [0.2, 0.25) is 0 Å². The average Bonchev–Trinajstić information content (AvgIpc) is 3.28. The van der Waals surface area contributed by atoms with E-state index in [9.17, 15) is 20.1 Å². The van der Waals surface area contributed by atoms with Gasteiger partial charge in [-0.05, 0) is 44.9 Å². The van der Waals surface area contributed by atoms with Gasteiger partial charge in [0.25, 0.3) is 0 Å². The molecule has 0 fully saturated rings. The highest BCUT2D eigenvalue weighted by Crippen LogP contribution is 2.17. The van der Waals surface area contributed by atoms with Crippen molar-refractivity contribution in [2.45, 2.75) is 315 Å². The lowest BCUT2D eigenvalue weighted by Crippen LogP contribution is -2.48. The molecule has 62 heavy (non-hydrogen) atoms. The molecular formula is C57H109NO4. The summed E-state index contributed by atoms with van der Waals surface area (Å²) in [5.41, 5.74) is 0. The van der Waals surface area contributed by atoms with E-state index in [0.29, 0.717) is 6.42 Å². The normalized spacial score (nSPS) is 13.6. The van der Waals surface area contributed by atoms with Crippen molar-refractivity contribution in [3.63, 3.8) is 0 Å². The van der Waals surface area contributed by atoms with Crippen LogP contribution >= 0.6 is 0 Å². The lowest BCUT2D eigenvalue weighted by molar-refractivity contribution is -0.131. The van der Waals surface area contributed by atoms with Gasteiger partial charge in [0.2, 0.25) is 5.91 Å². The maximum absolute atomic E-state index is 12.5. The smallest absolute Gasteiger partial charge is 0.249 e. The van der Waals surface area contributed by atoms with Gasteiger partial charge in [0.1, 0.15) is 6.10 Å². The standard InChI is InChI=1S/C57H109NO4/c1-3-5-7-9-11-13-15-17-19-21-22-23-24-25-26-27-28-29-30-31-32-33-34-36-38-40-42-44-46-48-50-52-56(61)57(62)58-54(53-59)55(60)51-49-47-45-43-41-39-37-35-20-18-16-14-12-10-8-6-4-2/h20,35,41,43,49,51,54-56,59-61H,3-19,21-34,36-40,42,44-48,50,52-53H2,1-2H3,(H,58,62)/b35-20+,43-41+,51-49+. The Balaban J connectivity index is 3.54. The zero-order chi connectivity index (χ0) is 45.1. The van der Waals surface area contributed by atoms with E-state index in [1.165, 1.54) is 231 Å². The van der Waals surface area contributed by atoms with Crippen molar-refractivity contribution in [1.82, 2.24) is 5.32 Å². The molecule has 0 aliphatic rings. The third-order valence-electron chi connectivity index (χ3n) is 13.0. The van der Waals surface area contributed by atoms with Crippen molar-refractivity contribution < 1.29 is 20.1 Å². The van der Waals surface area contributed by atoms with Gasteiger partial charge in [-0.1, -0.05) is 288 Å². The van der Waals surface area contributed by atoms with Crippen LogP contribution < -0.4 is 5.32 Å². The average molecular weight is 873 g/mol. The van der Waals surface area contributed by atoms with E-state index in [4.69, 9.17) is 0 Å².